The van der Waals surface area contributed by atoms with Gasteiger partial charge in [-0.3, -0.25) is 4.79 Å². The number of unbranched alkanes of at least 4 members (excludes halogenated alkanes) is 2. The minimum atomic E-state index is -0.875. The summed E-state index contributed by atoms with van der Waals surface area (Å²) in [5.74, 6) is -0.576. The number of methoxy groups -OCH3 is 1. The Hall–Kier alpha value is -2.03. The summed E-state index contributed by atoms with van der Waals surface area (Å²) in [5.41, 5.74) is 4.98. The quantitative estimate of drug-likeness (QED) is 0.355. The fourth-order valence-corrected chi connectivity index (χ4v) is 1.63. The average Bonchev–Trinajstić information content (AvgIpc) is 2.48. The summed E-state index contributed by atoms with van der Waals surface area (Å²) in [6.45, 7) is 6.45. The third kappa shape index (κ3) is 12.5. The maximum Gasteiger partial charge on any atom is 0.407 e. The van der Waals surface area contributed by atoms with Crippen LogP contribution in [0.5, 0.6) is 0 Å². The molecule has 1 atom stereocenters. The molecule has 0 unspecified atom stereocenters. The van der Waals surface area contributed by atoms with Crippen molar-refractivity contribution < 1.29 is 23.9 Å². The molecule has 0 spiro atoms. The maximum absolute atomic E-state index is 11.5. The number of esters is 1. The van der Waals surface area contributed by atoms with Gasteiger partial charge in [-0.1, -0.05) is 0 Å². The minimum Gasteiger partial charge on any atom is -0.468 e. The zero-order valence-electron chi connectivity index (χ0n) is 14.9. The Balaban J connectivity index is 3.55. The Bertz CT molecular complexity index is 409. The van der Waals surface area contributed by atoms with Gasteiger partial charge in [0.1, 0.15) is 11.6 Å². The van der Waals surface area contributed by atoms with Crippen LogP contribution in [-0.4, -0.2) is 56.5 Å². The topological polar surface area (TPSA) is 132 Å². The van der Waals surface area contributed by atoms with E-state index in [9.17, 15) is 14.4 Å². The van der Waals surface area contributed by atoms with Gasteiger partial charge in [0.2, 0.25) is 0 Å². The van der Waals surface area contributed by atoms with Crippen molar-refractivity contribution >= 4 is 18.1 Å². The van der Waals surface area contributed by atoms with Crippen LogP contribution in [0, 0.1) is 0 Å². The van der Waals surface area contributed by atoms with Crippen molar-refractivity contribution in [3.63, 3.8) is 0 Å². The number of alkyl carbamates (subject to hydrolysis) is 1. The molecule has 0 aliphatic carbocycles. The zero-order chi connectivity index (χ0) is 18.6. The summed E-state index contributed by atoms with van der Waals surface area (Å²) in [7, 11) is 1.24. The number of amides is 3. The van der Waals surface area contributed by atoms with Crippen molar-refractivity contribution in [3.05, 3.63) is 0 Å². The highest BCUT2D eigenvalue weighted by atomic mass is 16.6. The van der Waals surface area contributed by atoms with Crippen molar-refractivity contribution in [2.75, 3.05) is 26.7 Å². The lowest BCUT2D eigenvalue weighted by Crippen LogP contribution is -2.46. The minimum absolute atomic E-state index is 0.0122. The maximum atomic E-state index is 11.5. The second kappa shape index (κ2) is 11.5. The number of carbonyl (C=O) groups excluding carboxylic acids is 3. The van der Waals surface area contributed by atoms with E-state index in [0.717, 1.165) is 19.3 Å². The van der Waals surface area contributed by atoms with Gasteiger partial charge in [-0.15, -0.1) is 0 Å². The number of nitrogens with one attached hydrogen (secondary N) is 3. The summed E-state index contributed by atoms with van der Waals surface area (Å²) < 4.78 is 9.56. The highest BCUT2D eigenvalue weighted by Crippen LogP contribution is 2.06. The summed E-state index contributed by atoms with van der Waals surface area (Å²) in [4.78, 5) is 33.9. The Morgan fingerprint density at radius 3 is 2.12 bits per heavy atom. The molecule has 0 radical (unpaired) electrons. The van der Waals surface area contributed by atoms with Gasteiger partial charge >= 0.3 is 18.1 Å². The lowest BCUT2D eigenvalue weighted by atomic mass is 10.2. The Morgan fingerprint density at radius 2 is 1.58 bits per heavy atom. The predicted octanol–water partition coefficient (Wildman–Crippen LogP) is 0.481. The van der Waals surface area contributed by atoms with Crippen LogP contribution in [0.4, 0.5) is 9.59 Å². The van der Waals surface area contributed by atoms with Crippen molar-refractivity contribution in [2.45, 2.75) is 51.7 Å². The van der Waals surface area contributed by atoms with Crippen LogP contribution in [0.1, 0.15) is 40.0 Å². The predicted molar refractivity (Wildman–Crippen MR) is 89.5 cm³/mol. The summed E-state index contributed by atoms with van der Waals surface area (Å²) in [6, 6.07) is -1.26. The number of urea groups is 1. The Morgan fingerprint density at radius 1 is 1.00 bits per heavy atom. The van der Waals surface area contributed by atoms with E-state index in [4.69, 9.17) is 10.5 Å². The molecular formula is C15H30N4O5. The van der Waals surface area contributed by atoms with E-state index in [0.29, 0.717) is 13.1 Å². The van der Waals surface area contributed by atoms with Gasteiger partial charge < -0.3 is 31.2 Å². The van der Waals surface area contributed by atoms with Crippen molar-refractivity contribution in [3.8, 4) is 0 Å². The van der Waals surface area contributed by atoms with E-state index in [-0.39, 0.29) is 12.6 Å². The molecule has 0 aliphatic rings. The van der Waals surface area contributed by atoms with Gasteiger partial charge in [-0.25, -0.2) is 9.59 Å². The third-order valence-corrected chi connectivity index (χ3v) is 2.79. The smallest absolute Gasteiger partial charge is 0.407 e. The van der Waals surface area contributed by atoms with Crippen LogP contribution < -0.4 is 21.7 Å². The standard InChI is InChI=1S/C15H30N4O5/c1-15(2,3)24-14(22)18-9-7-5-6-8-17-13(21)19-10-11(16)12(20)23-4/h11H,5-10,16H2,1-4H3,(H,18,22)(H2,17,19,21)/t11-/m0/s1. The van der Waals surface area contributed by atoms with E-state index in [1.807, 2.05) is 0 Å². The molecule has 3 amide bonds. The van der Waals surface area contributed by atoms with Gasteiger partial charge in [0.15, 0.2) is 0 Å². The molecule has 0 bridgehead atoms. The second-order valence-corrected chi connectivity index (χ2v) is 6.26. The lowest BCUT2D eigenvalue weighted by molar-refractivity contribution is -0.141. The normalized spacial score (nSPS) is 12.0. The summed E-state index contributed by atoms with van der Waals surface area (Å²) in [6.07, 6.45) is 1.97. The van der Waals surface area contributed by atoms with E-state index in [1.165, 1.54) is 7.11 Å². The third-order valence-electron chi connectivity index (χ3n) is 2.79. The molecule has 5 N–H and O–H groups in total. The molecule has 0 aromatic heterocycles. The first kappa shape index (κ1) is 22.0. The molecule has 0 rings (SSSR count). The Kier molecular flexibility index (Phi) is 10.5. The van der Waals surface area contributed by atoms with E-state index < -0.39 is 23.7 Å². The molecule has 140 valence electrons. The molecule has 24 heavy (non-hydrogen) atoms. The van der Waals surface area contributed by atoms with Crippen molar-refractivity contribution in [2.24, 2.45) is 5.73 Å². The number of hydrogen-bond donors (Lipinski definition) is 4. The van der Waals surface area contributed by atoms with Crippen LogP contribution in [0.15, 0.2) is 0 Å². The Labute approximate surface area is 143 Å². The van der Waals surface area contributed by atoms with Gasteiger partial charge in [0.05, 0.1) is 7.11 Å². The van der Waals surface area contributed by atoms with Gasteiger partial charge in [0, 0.05) is 19.6 Å². The molecule has 0 saturated carbocycles. The molecule has 0 aliphatic heterocycles. The van der Waals surface area contributed by atoms with Gasteiger partial charge in [-0.2, -0.15) is 0 Å². The lowest BCUT2D eigenvalue weighted by Gasteiger charge is -2.19. The number of nitrogens with two attached hydrogens (primary N) is 1. The van der Waals surface area contributed by atoms with Crippen LogP contribution in [0.25, 0.3) is 0 Å². The second-order valence-electron chi connectivity index (χ2n) is 6.26. The zero-order valence-corrected chi connectivity index (χ0v) is 14.9. The highest BCUT2D eigenvalue weighted by Gasteiger charge is 2.15. The molecule has 9 nitrogen and oxygen atoms in total. The summed E-state index contributed by atoms with van der Waals surface area (Å²) >= 11 is 0. The fraction of sp³-hybridized carbons (Fsp3) is 0.800. The van der Waals surface area contributed by atoms with E-state index >= 15 is 0 Å². The largest absolute Gasteiger partial charge is 0.468 e. The first-order valence-corrected chi connectivity index (χ1v) is 7.97. The first-order chi connectivity index (χ1) is 11.2. The van der Waals surface area contributed by atoms with Crippen molar-refractivity contribution in [1.82, 2.24) is 16.0 Å². The summed E-state index contributed by atoms with van der Waals surface area (Å²) in [5, 5.41) is 7.81. The molecular weight excluding hydrogens is 316 g/mol. The van der Waals surface area contributed by atoms with E-state index in [2.05, 4.69) is 20.7 Å². The molecule has 9 heteroatoms. The molecule has 0 fully saturated rings. The number of hydrogen-bond acceptors (Lipinski definition) is 6. The highest BCUT2D eigenvalue weighted by molar-refractivity contribution is 5.78. The van der Waals surface area contributed by atoms with Crippen LogP contribution in [0.3, 0.4) is 0 Å². The van der Waals surface area contributed by atoms with E-state index in [1.54, 1.807) is 20.8 Å². The monoisotopic (exact) mass is 346 g/mol. The molecule has 0 aromatic carbocycles. The van der Waals surface area contributed by atoms with Crippen LogP contribution >= 0.6 is 0 Å². The fourth-order valence-electron chi connectivity index (χ4n) is 1.63. The van der Waals surface area contributed by atoms with Crippen molar-refractivity contribution in [1.29, 1.82) is 0 Å². The molecule has 0 aromatic rings. The molecule has 0 heterocycles. The number of rotatable bonds is 9. The first-order valence-electron chi connectivity index (χ1n) is 7.97. The SMILES string of the molecule is COC(=O)[C@@H](N)CNC(=O)NCCCCCNC(=O)OC(C)(C)C. The molecule has 0 saturated heterocycles. The van der Waals surface area contributed by atoms with Crippen LogP contribution in [-0.2, 0) is 14.3 Å². The average molecular weight is 346 g/mol. The van der Waals surface area contributed by atoms with Gasteiger partial charge in [-0.05, 0) is 40.0 Å². The van der Waals surface area contributed by atoms with Crippen LogP contribution in [0.2, 0.25) is 0 Å². The van der Waals surface area contributed by atoms with Gasteiger partial charge in [0.25, 0.3) is 0 Å². The number of ether oxygens (including phenoxy) is 2. The number of carbonyl (C=O) groups is 3.